The molecule has 0 aromatic carbocycles. The fourth-order valence-corrected chi connectivity index (χ4v) is 4.17. The van der Waals surface area contributed by atoms with Crippen molar-refractivity contribution in [1.82, 2.24) is 0 Å². The van der Waals surface area contributed by atoms with E-state index >= 15 is 0 Å². The van der Waals surface area contributed by atoms with Gasteiger partial charge < -0.3 is 49.6 Å². The molecule has 0 radical (unpaired) electrons. The Labute approximate surface area is 169 Å². The molecule has 168 valence electrons. The van der Waals surface area contributed by atoms with Crippen molar-refractivity contribution in [2.24, 2.45) is 11.8 Å². The molecule has 10 unspecified atom stereocenters. The van der Waals surface area contributed by atoms with Crippen LogP contribution in [0, 0.1) is 11.8 Å². The smallest absolute Gasteiger partial charge is 0.189 e. The van der Waals surface area contributed by atoms with Gasteiger partial charge in [-0.2, -0.15) is 0 Å². The van der Waals surface area contributed by atoms with Crippen molar-refractivity contribution >= 4 is 0 Å². The molecule has 3 rings (SSSR count). The van der Waals surface area contributed by atoms with Gasteiger partial charge in [-0.05, 0) is 12.0 Å². The Bertz CT molecular complexity index is 555. The minimum atomic E-state index is -1.58. The molecule has 0 aromatic rings. The van der Waals surface area contributed by atoms with Crippen molar-refractivity contribution < 1.29 is 49.6 Å². The van der Waals surface area contributed by atoms with Gasteiger partial charge in [0.05, 0.1) is 19.3 Å². The van der Waals surface area contributed by atoms with Crippen LogP contribution >= 0.6 is 0 Å². The molecule has 2 aliphatic heterocycles. The van der Waals surface area contributed by atoms with Crippen molar-refractivity contribution in [3.05, 3.63) is 11.6 Å². The number of hydrogen-bond acceptors (Lipinski definition) is 10. The van der Waals surface area contributed by atoms with Crippen LogP contribution in [-0.2, 0) is 18.9 Å². The van der Waals surface area contributed by atoms with Crippen molar-refractivity contribution in [3.8, 4) is 0 Å². The normalized spacial score (nSPS) is 45.1. The lowest BCUT2D eigenvalue weighted by Crippen LogP contribution is -2.60. The Morgan fingerprint density at radius 2 is 1.79 bits per heavy atom. The minimum absolute atomic E-state index is 0.294. The molecule has 2 heterocycles. The molecule has 10 atom stereocenters. The molecule has 29 heavy (non-hydrogen) atoms. The average molecular weight is 420 g/mol. The molecule has 1 aliphatic carbocycles. The number of rotatable bonds is 8. The topological polar surface area (TPSA) is 158 Å². The van der Waals surface area contributed by atoms with Crippen LogP contribution in [0.3, 0.4) is 0 Å². The Morgan fingerprint density at radius 1 is 1.03 bits per heavy atom. The zero-order valence-corrected chi connectivity index (χ0v) is 16.4. The van der Waals surface area contributed by atoms with Crippen LogP contribution in [0.15, 0.2) is 11.6 Å². The molecule has 0 spiro atoms. The van der Waals surface area contributed by atoms with Crippen LogP contribution in [-0.4, -0.2) is 99.8 Å². The first-order chi connectivity index (χ1) is 13.9. The number of aliphatic hydroxyl groups excluding tert-OH is 6. The fourth-order valence-electron chi connectivity index (χ4n) is 4.17. The maximum Gasteiger partial charge on any atom is 0.189 e. The van der Waals surface area contributed by atoms with Gasteiger partial charge in [0.15, 0.2) is 18.9 Å². The first kappa shape index (κ1) is 23.0. The van der Waals surface area contributed by atoms with Gasteiger partial charge in [-0.25, -0.2) is 0 Å². The zero-order chi connectivity index (χ0) is 21.1. The summed E-state index contributed by atoms with van der Waals surface area (Å²) in [5.41, 5.74) is 0.545. The molecule has 6 N–H and O–H groups in total. The van der Waals surface area contributed by atoms with Gasteiger partial charge in [-0.3, -0.25) is 0 Å². The average Bonchev–Trinajstić information content (AvgIpc) is 3.04. The van der Waals surface area contributed by atoms with Crippen LogP contribution in [0.1, 0.15) is 26.2 Å². The molecule has 2 saturated heterocycles. The number of aliphatic hydroxyl groups is 6. The first-order valence-corrected chi connectivity index (χ1v) is 10.1. The van der Waals surface area contributed by atoms with Crippen LogP contribution in [0.2, 0.25) is 0 Å². The Morgan fingerprint density at radius 3 is 2.45 bits per heavy atom. The molecule has 0 amide bonds. The summed E-state index contributed by atoms with van der Waals surface area (Å²) >= 11 is 0. The van der Waals surface area contributed by atoms with E-state index in [1.54, 1.807) is 6.08 Å². The van der Waals surface area contributed by atoms with E-state index in [9.17, 15) is 30.6 Å². The summed E-state index contributed by atoms with van der Waals surface area (Å²) in [4.78, 5) is 0. The maximum absolute atomic E-state index is 10.4. The van der Waals surface area contributed by atoms with Gasteiger partial charge in [0.2, 0.25) is 0 Å². The van der Waals surface area contributed by atoms with Gasteiger partial charge in [0.1, 0.15) is 24.4 Å². The quantitative estimate of drug-likeness (QED) is 0.196. The van der Waals surface area contributed by atoms with E-state index in [0.29, 0.717) is 18.6 Å². The summed E-state index contributed by atoms with van der Waals surface area (Å²) in [6, 6.07) is 0. The second-order valence-corrected chi connectivity index (χ2v) is 7.81. The van der Waals surface area contributed by atoms with E-state index in [4.69, 9.17) is 18.9 Å². The lowest BCUT2D eigenvalue weighted by Gasteiger charge is -2.45. The number of hydrogen-bond donors (Lipinski definition) is 6. The van der Waals surface area contributed by atoms with Gasteiger partial charge in [0.25, 0.3) is 0 Å². The van der Waals surface area contributed by atoms with E-state index in [1.807, 2.05) is 6.92 Å². The van der Waals surface area contributed by atoms with E-state index in [-0.39, 0.29) is 12.5 Å². The highest BCUT2D eigenvalue weighted by Crippen LogP contribution is 2.44. The second-order valence-electron chi connectivity index (χ2n) is 7.81. The third-order valence-corrected chi connectivity index (χ3v) is 5.86. The molecule has 0 aromatic heterocycles. The summed E-state index contributed by atoms with van der Waals surface area (Å²) in [6.07, 6.45) is -5.88. The van der Waals surface area contributed by atoms with Crippen molar-refractivity contribution in [3.63, 3.8) is 0 Å². The van der Waals surface area contributed by atoms with Crippen LogP contribution in [0.4, 0.5) is 0 Å². The Kier molecular flexibility index (Phi) is 8.01. The maximum atomic E-state index is 10.4. The predicted molar refractivity (Wildman–Crippen MR) is 97.1 cm³/mol. The largest absolute Gasteiger partial charge is 0.394 e. The van der Waals surface area contributed by atoms with Crippen LogP contribution in [0.25, 0.3) is 0 Å². The van der Waals surface area contributed by atoms with E-state index in [1.165, 1.54) is 0 Å². The summed E-state index contributed by atoms with van der Waals surface area (Å²) in [5.74, 6) is -0.805. The molecule has 3 aliphatic rings. The van der Waals surface area contributed by atoms with Crippen LogP contribution < -0.4 is 0 Å². The molecule has 10 heteroatoms. The standard InChI is InChI=1S/C19H32O10/c1-2-3-4-26-13-6-10-11(22)5-9(7-20)14(10)18(28-13)29-19-17(25)16(24)15(23)12(8-21)27-19/h5,10-25H,2-4,6-8H2,1H3. The van der Waals surface area contributed by atoms with Gasteiger partial charge in [-0.1, -0.05) is 19.4 Å². The Balaban J connectivity index is 1.75. The van der Waals surface area contributed by atoms with Gasteiger partial charge in [0, 0.05) is 24.9 Å². The molecular formula is C19H32O10. The Hall–Kier alpha value is -0.660. The minimum Gasteiger partial charge on any atom is -0.394 e. The monoisotopic (exact) mass is 420 g/mol. The van der Waals surface area contributed by atoms with E-state index in [2.05, 4.69) is 0 Å². The highest BCUT2D eigenvalue weighted by atomic mass is 16.8. The SMILES string of the molecule is CCCCOC1CC2C(O)C=C(CO)C2C(OC2OC(CO)C(O)C(O)C2O)O1. The predicted octanol–water partition coefficient (Wildman–Crippen LogP) is -1.78. The van der Waals surface area contributed by atoms with Crippen LogP contribution in [0.5, 0.6) is 0 Å². The fraction of sp³-hybridized carbons (Fsp3) is 0.895. The molecule has 2 fully saturated rings. The zero-order valence-electron chi connectivity index (χ0n) is 16.4. The summed E-state index contributed by atoms with van der Waals surface area (Å²) in [5, 5.41) is 59.6. The highest BCUT2D eigenvalue weighted by molar-refractivity contribution is 5.22. The summed E-state index contributed by atoms with van der Waals surface area (Å²) < 4.78 is 22.9. The van der Waals surface area contributed by atoms with Crippen molar-refractivity contribution in [1.29, 1.82) is 0 Å². The van der Waals surface area contributed by atoms with Gasteiger partial charge in [-0.15, -0.1) is 0 Å². The number of fused-ring (bicyclic) bond motifs is 1. The third kappa shape index (κ3) is 4.82. The van der Waals surface area contributed by atoms with Crippen molar-refractivity contribution in [2.45, 2.75) is 75.6 Å². The van der Waals surface area contributed by atoms with Gasteiger partial charge >= 0.3 is 0 Å². The molecule has 0 bridgehead atoms. The highest BCUT2D eigenvalue weighted by Gasteiger charge is 2.51. The number of ether oxygens (including phenoxy) is 4. The molecule has 0 saturated carbocycles. The van der Waals surface area contributed by atoms with E-state index < -0.39 is 61.9 Å². The van der Waals surface area contributed by atoms with Crippen molar-refractivity contribution in [2.75, 3.05) is 19.8 Å². The third-order valence-electron chi connectivity index (χ3n) is 5.86. The van der Waals surface area contributed by atoms with E-state index in [0.717, 1.165) is 12.8 Å². The first-order valence-electron chi connectivity index (χ1n) is 10.1. The summed E-state index contributed by atoms with van der Waals surface area (Å²) in [7, 11) is 0. The molecular weight excluding hydrogens is 388 g/mol. The lowest BCUT2D eigenvalue weighted by atomic mass is 9.84. The lowest BCUT2D eigenvalue weighted by molar-refractivity contribution is -0.374. The second kappa shape index (κ2) is 10.1. The summed E-state index contributed by atoms with van der Waals surface area (Å²) in [6.45, 7) is 1.63. The molecule has 10 nitrogen and oxygen atoms in total. The number of unbranched alkanes of at least 4 members (excludes halogenated alkanes) is 1.